The molecule has 16 heavy (non-hydrogen) atoms. The number of hydrogen-bond donors (Lipinski definition) is 2. The van der Waals surface area contributed by atoms with Crippen LogP contribution in [0.1, 0.15) is 25.7 Å². The van der Waals surface area contributed by atoms with E-state index in [1.807, 2.05) is 0 Å². The molecule has 2 aliphatic rings. The molecule has 0 spiro atoms. The smallest absolute Gasteiger partial charge is 0.237 e. The Bertz CT molecular complexity index is 260. The normalized spacial score (nSPS) is 37.2. The summed E-state index contributed by atoms with van der Waals surface area (Å²) in [6.07, 6.45) is 4.35. The molecule has 2 rings (SSSR count). The largest absolute Gasteiger partial charge is 0.378 e. The highest BCUT2D eigenvalue weighted by Crippen LogP contribution is 2.24. The SMILES string of the molecule is NC(=O)C1COCCN1C1CCCC(N)C1. The number of nitrogens with zero attached hydrogens (tertiary/aromatic N) is 1. The van der Waals surface area contributed by atoms with Crippen molar-refractivity contribution in [3.05, 3.63) is 0 Å². The van der Waals surface area contributed by atoms with Gasteiger partial charge in [0.25, 0.3) is 0 Å². The molecular formula is C11H21N3O2. The summed E-state index contributed by atoms with van der Waals surface area (Å²) in [6, 6.07) is 0.421. The Balaban J connectivity index is 2.01. The van der Waals surface area contributed by atoms with Gasteiger partial charge in [-0.15, -0.1) is 0 Å². The van der Waals surface area contributed by atoms with Crippen molar-refractivity contribution in [1.82, 2.24) is 4.90 Å². The van der Waals surface area contributed by atoms with Crippen LogP contribution in [0.2, 0.25) is 0 Å². The molecule has 3 unspecified atom stereocenters. The quantitative estimate of drug-likeness (QED) is 0.662. The zero-order valence-electron chi connectivity index (χ0n) is 9.60. The highest BCUT2D eigenvalue weighted by Gasteiger charge is 2.34. The molecule has 92 valence electrons. The summed E-state index contributed by atoms with van der Waals surface area (Å²) in [4.78, 5) is 13.6. The number of primary amides is 1. The highest BCUT2D eigenvalue weighted by atomic mass is 16.5. The minimum atomic E-state index is -0.279. The summed E-state index contributed by atoms with van der Waals surface area (Å²) in [7, 11) is 0. The lowest BCUT2D eigenvalue weighted by molar-refractivity contribution is -0.132. The Morgan fingerprint density at radius 3 is 2.88 bits per heavy atom. The van der Waals surface area contributed by atoms with Crippen LogP contribution in [-0.2, 0) is 9.53 Å². The van der Waals surface area contributed by atoms with Crippen LogP contribution in [0.15, 0.2) is 0 Å². The lowest BCUT2D eigenvalue weighted by Crippen LogP contribution is -2.57. The molecule has 3 atom stereocenters. The summed E-state index contributed by atoms with van der Waals surface area (Å²) in [6.45, 7) is 1.92. The van der Waals surface area contributed by atoms with Gasteiger partial charge in [-0.05, 0) is 19.3 Å². The fourth-order valence-corrected chi connectivity index (χ4v) is 2.80. The second-order valence-corrected chi connectivity index (χ2v) is 4.81. The molecule has 1 saturated heterocycles. The maximum Gasteiger partial charge on any atom is 0.237 e. The average molecular weight is 227 g/mol. The predicted molar refractivity (Wildman–Crippen MR) is 60.7 cm³/mol. The van der Waals surface area contributed by atoms with Crippen LogP contribution in [0.5, 0.6) is 0 Å². The van der Waals surface area contributed by atoms with Crippen LogP contribution < -0.4 is 11.5 Å². The van der Waals surface area contributed by atoms with Gasteiger partial charge in [0.15, 0.2) is 0 Å². The second kappa shape index (κ2) is 5.12. The molecule has 1 aliphatic carbocycles. The molecule has 0 radical (unpaired) electrons. The minimum Gasteiger partial charge on any atom is -0.378 e. The van der Waals surface area contributed by atoms with E-state index in [1.165, 1.54) is 0 Å². The number of amides is 1. The fraction of sp³-hybridized carbons (Fsp3) is 0.909. The molecule has 0 aromatic heterocycles. The van der Waals surface area contributed by atoms with Gasteiger partial charge in [0, 0.05) is 18.6 Å². The Hall–Kier alpha value is -0.650. The summed E-state index contributed by atoms with van der Waals surface area (Å²) in [5.74, 6) is -0.279. The number of ether oxygens (including phenoxy) is 1. The van der Waals surface area contributed by atoms with Gasteiger partial charge in [-0.2, -0.15) is 0 Å². The summed E-state index contributed by atoms with van der Waals surface area (Å²) >= 11 is 0. The van der Waals surface area contributed by atoms with Crippen LogP contribution in [0.25, 0.3) is 0 Å². The van der Waals surface area contributed by atoms with Gasteiger partial charge in [0.05, 0.1) is 13.2 Å². The van der Waals surface area contributed by atoms with Gasteiger partial charge < -0.3 is 16.2 Å². The van der Waals surface area contributed by atoms with Crippen molar-refractivity contribution in [2.75, 3.05) is 19.8 Å². The summed E-state index contributed by atoms with van der Waals surface area (Å²) < 4.78 is 5.32. The fourth-order valence-electron chi connectivity index (χ4n) is 2.80. The first-order valence-corrected chi connectivity index (χ1v) is 6.07. The van der Waals surface area contributed by atoms with Crippen molar-refractivity contribution in [3.8, 4) is 0 Å². The van der Waals surface area contributed by atoms with Crippen molar-refractivity contribution in [3.63, 3.8) is 0 Å². The zero-order chi connectivity index (χ0) is 11.5. The van der Waals surface area contributed by atoms with Gasteiger partial charge in [-0.25, -0.2) is 0 Å². The van der Waals surface area contributed by atoms with Crippen LogP contribution in [0.4, 0.5) is 0 Å². The summed E-state index contributed by atoms with van der Waals surface area (Å²) in [5, 5.41) is 0. The Kier molecular flexibility index (Phi) is 3.78. The van der Waals surface area contributed by atoms with Crippen molar-refractivity contribution in [2.45, 2.75) is 43.8 Å². The van der Waals surface area contributed by atoms with E-state index in [4.69, 9.17) is 16.2 Å². The maximum absolute atomic E-state index is 11.4. The number of carbonyl (C=O) groups is 1. The topological polar surface area (TPSA) is 81.6 Å². The third kappa shape index (κ3) is 2.53. The molecule has 5 heteroatoms. The Morgan fingerprint density at radius 1 is 1.38 bits per heavy atom. The predicted octanol–water partition coefficient (Wildman–Crippen LogP) is -0.558. The van der Waals surface area contributed by atoms with Crippen LogP contribution in [0, 0.1) is 0 Å². The van der Waals surface area contributed by atoms with E-state index in [-0.39, 0.29) is 18.0 Å². The van der Waals surface area contributed by atoms with E-state index in [2.05, 4.69) is 4.90 Å². The first-order valence-electron chi connectivity index (χ1n) is 6.07. The molecule has 0 aromatic carbocycles. The molecule has 0 bridgehead atoms. The third-order valence-electron chi connectivity index (χ3n) is 3.65. The molecule has 1 saturated carbocycles. The van der Waals surface area contributed by atoms with Crippen LogP contribution >= 0.6 is 0 Å². The second-order valence-electron chi connectivity index (χ2n) is 4.81. The van der Waals surface area contributed by atoms with E-state index in [9.17, 15) is 4.79 Å². The molecule has 1 amide bonds. The first-order chi connectivity index (χ1) is 7.68. The molecule has 0 aromatic rings. The first kappa shape index (κ1) is 11.8. The van der Waals surface area contributed by atoms with Crippen molar-refractivity contribution < 1.29 is 9.53 Å². The van der Waals surface area contributed by atoms with E-state index < -0.39 is 0 Å². The van der Waals surface area contributed by atoms with Gasteiger partial charge >= 0.3 is 0 Å². The van der Waals surface area contributed by atoms with Gasteiger partial charge in [0.2, 0.25) is 5.91 Å². The maximum atomic E-state index is 11.4. The molecular weight excluding hydrogens is 206 g/mol. The van der Waals surface area contributed by atoms with E-state index >= 15 is 0 Å². The Morgan fingerprint density at radius 2 is 2.19 bits per heavy atom. The lowest BCUT2D eigenvalue weighted by Gasteiger charge is -2.42. The van der Waals surface area contributed by atoms with Gasteiger partial charge in [-0.1, -0.05) is 6.42 Å². The molecule has 1 aliphatic heterocycles. The highest BCUT2D eigenvalue weighted by molar-refractivity contribution is 5.80. The standard InChI is InChI=1S/C11H21N3O2/c12-8-2-1-3-9(6-8)14-4-5-16-7-10(14)11(13)15/h8-10H,1-7,12H2,(H2,13,15). The van der Waals surface area contributed by atoms with E-state index in [1.54, 1.807) is 0 Å². The average Bonchev–Trinajstić information content (AvgIpc) is 2.29. The number of morpholine rings is 1. The van der Waals surface area contributed by atoms with E-state index in [0.717, 1.165) is 32.2 Å². The number of nitrogens with two attached hydrogens (primary N) is 2. The van der Waals surface area contributed by atoms with Gasteiger partial charge in [-0.3, -0.25) is 9.69 Å². The number of hydrogen-bond acceptors (Lipinski definition) is 4. The number of rotatable bonds is 2. The van der Waals surface area contributed by atoms with Crippen molar-refractivity contribution in [2.24, 2.45) is 11.5 Å². The lowest BCUT2D eigenvalue weighted by atomic mass is 9.89. The van der Waals surface area contributed by atoms with Crippen molar-refractivity contribution in [1.29, 1.82) is 0 Å². The molecule has 2 fully saturated rings. The Labute approximate surface area is 96.1 Å². The van der Waals surface area contributed by atoms with Crippen LogP contribution in [-0.4, -0.2) is 48.7 Å². The van der Waals surface area contributed by atoms with E-state index in [0.29, 0.717) is 19.3 Å². The van der Waals surface area contributed by atoms with Gasteiger partial charge in [0.1, 0.15) is 6.04 Å². The number of carbonyl (C=O) groups excluding carboxylic acids is 1. The minimum absolute atomic E-state index is 0.260. The molecule has 1 heterocycles. The molecule has 5 nitrogen and oxygen atoms in total. The monoisotopic (exact) mass is 227 g/mol. The van der Waals surface area contributed by atoms with Crippen molar-refractivity contribution >= 4 is 5.91 Å². The molecule has 4 N–H and O–H groups in total. The summed E-state index contributed by atoms with van der Waals surface area (Å²) in [5.41, 5.74) is 11.4. The zero-order valence-corrected chi connectivity index (χ0v) is 9.60. The van der Waals surface area contributed by atoms with Crippen LogP contribution in [0.3, 0.4) is 0 Å². The third-order valence-corrected chi connectivity index (χ3v) is 3.65.